The van der Waals surface area contributed by atoms with Crippen molar-refractivity contribution in [3.05, 3.63) is 107 Å². The molecular formula is C30H35FN2O2. The van der Waals surface area contributed by atoms with Crippen molar-refractivity contribution in [1.29, 1.82) is 0 Å². The maximum absolute atomic E-state index is 14.6. The third-order valence-electron chi connectivity index (χ3n) is 6.18. The van der Waals surface area contributed by atoms with E-state index in [0.29, 0.717) is 24.9 Å². The number of hydrogen-bond donors (Lipinski definition) is 1. The number of hydrogen-bond acceptors (Lipinski definition) is 2. The number of nitrogens with one attached hydrogen (secondary N) is 1. The number of nitrogens with zero attached hydrogens (tertiary/aromatic N) is 1. The fourth-order valence-electron chi connectivity index (χ4n) is 4.07. The van der Waals surface area contributed by atoms with Crippen molar-refractivity contribution in [1.82, 2.24) is 10.2 Å². The van der Waals surface area contributed by atoms with E-state index in [1.165, 1.54) is 11.6 Å². The fraction of sp³-hybridized carbons (Fsp3) is 0.333. The lowest BCUT2D eigenvalue weighted by Gasteiger charge is -2.32. The number of carbonyl (C=O) groups is 2. The van der Waals surface area contributed by atoms with Gasteiger partial charge in [-0.1, -0.05) is 86.6 Å². The molecule has 0 bridgehead atoms. The Hall–Kier alpha value is -3.47. The van der Waals surface area contributed by atoms with Crippen molar-refractivity contribution in [3.63, 3.8) is 0 Å². The predicted octanol–water partition coefficient (Wildman–Crippen LogP) is 5.49. The van der Waals surface area contributed by atoms with Crippen molar-refractivity contribution in [3.8, 4) is 0 Å². The van der Waals surface area contributed by atoms with E-state index >= 15 is 0 Å². The molecule has 3 aromatic rings. The molecule has 0 radical (unpaired) electrons. The van der Waals surface area contributed by atoms with Crippen LogP contribution in [0.1, 0.15) is 48.9 Å². The molecule has 35 heavy (non-hydrogen) atoms. The minimum absolute atomic E-state index is 0.0390. The highest BCUT2D eigenvalue weighted by atomic mass is 19.1. The van der Waals surface area contributed by atoms with Crippen LogP contribution in [0.3, 0.4) is 0 Å². The maximum Gasteiger partial charge on any atom is 0.243 e. The van der Waals surface area contributed by atoms with E-state index in [0.717, 1.165) is 24.0 Å². The fourth-order valence-corrected chi connectivity index (χ4v) is 4.07. The summed E-state index contributed by atoms with van der Waals surface area (Å²) in [6.07, 6.45) is 2.92. The summed E-state index contributed by atoms with van der Waals surface area (Å²) in [4.78, 5) is 28.4. The lowest BCUT2D eigenvalue weighted by molar-refractivity contribution is -0.141. The van der Waals surface area contributed by atoms with Crippen LogP contribution in [-0.2, 0) is 35.4 Å². The topological polar surface area (TPSA) is 49.4 Å². The molecule has 0 unspecified atom stereocenters. The average molecular weight is 475 g/mol. The van der Waals surface area contributed by atoms with E-state index in [2.05, 4.69) is 24.4 Å². The highest BCUT2D eigenvalue weighted by molar-refractivity contribution is 5.88. The molecule has 2 amide bonds. The molecule has 0 aliphatic carbocycles. The van der Waals surface area contributed by atoms with Crippen LogP contribution in [0.2, 0.25) is 0 Å². The van der Waals surface area contributed by atoms with Crippen LogP contribution in [0.25, 0.3) is 0 Å². The summed E-state index contributed by atoms with van der Waals surface area (Å²) in [5.74, 6) is -0.763. The second-order valence-electron chi connectivity index (χ2n) is 8.78. The molecule has 5 heteroatoms. The average Bonchev–Trinajstić information content (AvgIpc) is 2.89. The number of benzene rings is 3. The van der Waals surface area contributed by atoms with Gasteiger partial charge in [-0.15, -0.1) is 0 Å². The molecule has 1 N–H and O–H groups in total. The van der Waals surface area contributed by atoms with Gasteiger partial charge in [0.25, 0.3) is 0 Å². The first kappa shape index (κ1) is 26.1. The van der Waals surface area contributed by atoms with Crippen molar-refractivity contribution < 1.29 is 14.0 Å². The van der Waals surface area contributed by atoms with Crippen molar-refractivity contribution in [2.75, 3.05) is 6.54 Å². The van der Waals surface area contributed by atoms with Gasteiger partial charge in [0, 0.05) is 31.5 Å². The van der Waals surface area contributed by atoms with Gasteiger partial charge in [0.2, 0.25) is 11.8 Å². The van der Waals surface area contributed by atoms with Gasteiger partial charge in [-0.2, -0.15) is 0 Å². The van der Waals surface area contributed by atoms with E-state index in [4.69, 9.17) is 0 Å². The number of amides is 2. The Bertz CT molecular complexity index is 1080. The molecule has 0 spiro atoms. The molecule has 0 saturated heterocycles. The number of rotatable bonds is 12. The second kappa shape index (κ2) is 13.4. The van der Waals surface area contributed by atoms with Crippen molar-refractivity contribution in [2.24, 2.45) is 0 Å². The minimum atomic E-state index is -0.737. The number of aryl methyl sites for hydroxylation is 2. The summed E-state index contributed by atoms with van der Waals surface area (Å²) >= 11 is 0. The van der Waals surface area contributed by atoms with Crippen LogP contribution in [0.4, 0.5) is 4.39 Å². The summed E-state index contributed by atoms with van der Waals surface area (Å²) < 4.78 is 14.6. The number of halogens is 1. The molecule has 3 aromatic carbocycles. The van der Waals surface area contributed by atoms with Gasteiger partial charge in [-0.3, -0.25) is 9.59 Å². The third-order valence-corrected chi connectivity index (χ3v) is 6.18. The molecular weight excluding hydrogens is 439 g/mol. The van der Waals surface area contributed by atoms with Gasteiger partial charge in [0.15, 0.2) is 0 Å². The first-order valence-corrected chi connectivity index (χ1v) is 12.4. The SMILES string of the molecule is CCCNC(=O)[C@H](Cc1ccccc1)N(Cc1ccccc1F)C(=O)CCc1ccc(CC)cc1. The van der Waals surface area contributed by atoms with Crippen molar-refractivity contribution >= 4 is 11.8 Å². The quantitative estimate of drug-likeness (QED) is 0.378. The van der Waals surface area contributed by atoms with E-state index in [-0.39, 0.29) is 30.6 Å². The van der Waals surface area contributed by atoms with Crippen LogP contribution in [0, 0.1) is 5.82 Å². The standard InChI is InChI=1S/C30H35FN2O2/c1-3-20-32-30(35)28(21-25-10-6-5-7-11-25)33(22-26-12-8-9-13-27(26)31)29(34)19-18-24-16-14-23(4-2)15-17-24/h5-17,28H,3-4,18-22H2,1-2H3,(H,32,35)/t28-/m0/s1. The zero-order chi connectivity index (χ0) is 25.0. The van der Waals surface area contributed by atoms with E-state index in [9.17, 15) is 14.0 Å². The molecule has 4 nitrogen and oxygen atoms in total. The first-order chi connectivity index (χ1) is 17.0. The monoisotopic (exact) mass is 474 g/mol. The highest BCUT2D eigenvalue weighted by Crippen LogP contribution is 2.19. The summed E-state index contributed by atoms with van der Waals surface area (Å²) in [7, 11) is 0. The zero-order valence-corrected chi connectivity index (χ0v) is 20.7. The lowest BCUT2D eigenvalue weighted by atomic mass is 10.0. The minimum Gasteiger partial charge on any atom is -0.354 e. The van der Waals surface area contributed by atoms with Crippen LogP contribution in [0.15, 0.2) is 78.9 Å². The Morgan fingerprint density at radius 3 is 2.17 bits per heavy atom. The normalized spacial score (nSPS) is 11.6. The Kier molecular flexibility index (Phi) is 10.0. The molecule has 0 heterocycles. The second-order valence-corrected chi connectivity index (χ2v) is 8.78. The van der Waals surface area contributed by atoms with Gasteiger partial charge in [-0.25, -0.2) is 4.39 Å². The molecule has 0 saturated carbocycles. The highest BCUT2D eigenvalue weighted by Gasteiger charge is 2.30. The summed E-state index contributed by atoms with van der Waals surface area (Å²) in [5, 5.41) is 2.95. The first-order valence-electron chi connectivity index (χ1n) is 12.4. The Morgan fingerprint density at radius 1 is 0.857 bits per heavy atom. The molecule has 3 rings (SSSR count). The van der Waals surface area contributed by atoms with E-state index in [1.54, 1.807) is 23.1 Å². The molecule has 184 valence electrons. The van der Waals surface area contributed by atoms with E-state index < -0.39 is 6.04 Å². The van der Waals surface area contributed by atoms with E-state index in [1.807, 2.05) is 49.4 Å². The van der Waals surface area contributed by atoms with Gasteiger partial charge in [0.1, 0.15) is 11.9 Å². The van der Waals surface area contributed by atoms with Gasteiger partial charge in [0.05, 0.1) is 0 Å². The molecule has 0 fully saturated rings. The molecule has 0 aliphatic heterocycles. The Labute approximate surface area is 208 Å². The van der Waals surface area contributed by atoms with Gasteiger partial charge >= 0.3 is 0 Å². The van der Waals surface area contributed by atoms with Crippen LogP contribution < -0.4 is 5.32 Å². The third kappa shape index (κ3) is 7.78. The molecule has 0 aromatic heterocycles. The van der Waals surface area contributed by atoms with Gasteiger partial charge < -0.3 is 10.2 Å². The maximum atomic E-state index is 14.6. The van der Waals surface area contributed by atoms with Crippen LogP contribution in [0.5, 0.6) is 0 Å². The molecule has 0 aliphatic rings. The summed E-state index contributed by atoms with van der Waals surface area (Å²) in [6, 6.07) is 23.6. The summed E-state index contributed by atoms with van der Waals surface area (Å²) in [6.45, 7) is 4.65. The smallest absolute Gasteiger partial charge is 0.243 e. The molecule has 1 atom stereocenters. The van der Waals surface area contributed by atoms with Crippen molar-refractivity contribution in [2.45, 2.75) is 58.5 Å². The lowest BCUT2D eigenvalue weighted by Crippen LogP contribution is -2.50. The Morgan fingerprint density at radius 2 is 1.51 bits per heavy atom. The van der Waals surface area contributed by atoms with Gasteiger partial charge in [-0.05, 0) is 42.0 Å². The largest absolute Gasteiger partial charge is 0.354 e. The van der Waals surface area contributed by atoms with Crippen LogP contribution >= 0.6 is 0 Å². The summed E-state index contributed by atoms with van der Waals surface area (Å²) in [5.41, 5.74) is 3.66. The number of carbonyl (C=O) groups excluding carboxylic acids is 2. The van der Waals surface area contributed by atoms with Crippen LogP contribution in [-0.4, -0.2) is 29.3 Å². The zero-order valence-electron chi connectivity index (χ0n) is 20.7. The Balaban J connectivity index is 1.88. The predicted molar refractivity (Wildman–Crippen MR) is 138 cm³/mol.